The summed E-state index contributed by atoms with van der Waals surface area (Å²) < 4.78 is 12.3. The normalized spacial score (nSPS) is 14.9. The summed E-state index contributed by atoms with van der Waals surface area (Å²) in [5.41, 5.74) is 1.90. The van der Waals surface area contributed by atoms with Crippen LogP contribution in [0, 0.1) is 0 Å². The van der Waals surface area contributed by atoms with E-state index in [4.69, 9.17) is 33.3 Å². The van der Waals surface area contributed by atoms with Crippen LogP contribution in [0.2, 0.25) is 5.02 Å². The zero-order valence-electron chi connectivity index (χ0n) is 17.9. The summed E-state index contributed by atoms with van der Waals surface area (Å²) in [5, 5.41) is 2.86. The molecule has 1 aliphatic heterocycles. The fourth-order valence-electron chi connectivity index (χ4n) is 3.36. The molecule has 1 fully saturated rings. The van der Waals surface area contributed by atoms with E-state index in [2.05, 4.69) is 21.2 Å². The van der Waals surface area contributed by atoms with Gasteiger partial charge in [0.15, 0.2) is 16.6 Å². The van der Waals surface area contributed by atoms with Crippen LogP contribution < -0.4 is 19.7 Å². The van der Waals surface area contributed by atoms with Crippen molar-refractivity contribution in [3.8, 4) is 11.5 Å². The van der Waals surface area contributed by atoms with Gasteiger partial charge in [0, 0.05) is 10.0 Å². The molecule has 9 heteroatoms. The SMILES string of the molecule is COc1cc(/C=C2/C(=O)NC(=S)N(c3ccccc3)C2=O)cc(Cl)c1OCc1ccccc1Br. The molecule has 3 aromatic carbocycles. The van der Waals surface area contributed by atoms with Crippen LogP contribution in [0.4, 0.5) is 5.69 Å². The Hall–Kier alpha value is -3.20. The first-order chi connectivity index (χ1) is 16.4. The number of thiocarbonyl (C=S) groups is 1. The molecule has 1 aliphatic rings. The number of hydrogen-bond acceptors (Lipinski definition) is 5. The molecule has 3 aromatic rings. The molecular formula is C25H18BrClN2O4S. The number of nitrogens with zero attached hydrogens (tertiary/aromatic N) is 1. The monoisotopic (exact) mass is 556 g/mol. The van der Waals surface area contributed by atoms with Gasteiger partial charge in [0.2, 0.25) is 0 Å². The minimum Gasteiger partial charge on any atom is -0.493 e. The van der Waals surface area contributed by atoms with Gasteiger partial charge in [0.05, 0.1) is 17.8 Å². The molecule has 0 aliphatic carbocycles. The van der Waals surface area contributed by atoms with Crippen LogP contribution in [0.25, 0.3) is 6.08 Å². The summed E-state index contributed by atoms with van der Waals surface area (Å²) in [7, 11) is 1.49. The average molecular weight is 558 g/mol. The van der Waals surface area contributed by atoms with Crippen molar-refractivity contribution < 1.29 is 19.1 Å². The number of nitrogens with one attached hydrogen (secondary N) is 1. The van der Waals surface area contributed by atoms with Gasteiger partial charge >= 0.3 is 0 Å². The quantitative estimate of drug-likeness (QED) is 0.246. The lowest BCUT2D eigenvalue weighted by Crippen LogP contribution is -2.54. The van der Waals surface area contributed by atoms with E-state index in [1.165, 1.54) is 18.1 Å². The second-order valence-corrected chi connectivity index (χ2v) is 8.86. The van der Waals surface area contributed by atoms with Gasteiger partial charge in [0.25, 0.3) is 11.8 Å². The minimum atomic E-state index is -0.591. The Bertz CT molecular complexity index is 1310. The second kappa shape index (κ2) is 10.4. The molecule has 0 bridgehead atoms. The summed E-state index contributed by atoms with van der Waals surface area (Å²) in [6.45, 7) is 0.266. The summed E-state index contributed by atoms with van der Waals surface area (Å²) in [6.07, 6.45) is 1.45. The third-order valence-corrected chi connectivity index (χ3v) is 6.35. The molecule has 6 nitrogen and oxygen atoms in total. The molecule has 0 saturated carbocycles. The summed E-state index contributed by atoms with van der Waals surface area (Å²) in [4.78, 5) is 27.0. The number of carbonyl (C=O) groups excluding carboxylic acids is 2. The average Bonchev–Trinajstić information content (AvgIpc) is 2.82. The highest BCUT2D eigenvalue weighted by Gasteiger charge is 2.34. The number of benzene rings is 3. The maximum atomic E-state index is 13.2. The number of amides is 2. The number of ether oxygens (including phenoxy) is 2. The molecule has 0 spiro atoms. The van der Waals surface area contributed by atoms with E-state index in [9.17, 15) is 9.59 Å². The zero-order valence-corrected chi connectivity index (χ0v) is 21.0. The lowest BCUT2D eigenvalue weighted by atomic mass is 10.1. The standard InChI is InChI=1S/C25H18BrClN2O4S/c1-32-21-13-15(12-20(27)22(21)33-14-16-7-5-6-10-19(16)26)11-18-23(30)28-25(34)29(24(18)31)17-8-3-2-4-9-17/h2-13H,14H2,1H3,(H,28,30,34)/b18-11-. The molecule has 34 heavy (non-hydrogen) atoms. The van der Waals surface area contributed by atoms with Gasteiger partial charge in [0.1, 0.15) is 12.2 Å². The number of halogens is 2. The highest BCUT2D eigenvalue weighted by molar-refractivity contribution is 9.10. The maximum Gasteiger partial charge on any atom is 0.270 e. The molecule has 0 aromatic heterocycles. The summed E-state index contributed by atoms with van der Waals surface area (Å²) in [6, 6.07) is 19.8. The number of rotatable bonds is 6. The highest BCUT2D eigenvalue weighted by Crippen LogP contribution is 2.38. The molecule has 4 rings (SSSR count). The van der Waals surface area contributed by atoms with Crippen molar-refractivity contribution in [2.24, 2.45) is 0 Å². The lowest BCUT2D eigenvalue weighted by Gasteiger charge is -2.28. The third-order valence-electron chi connectivity index (χ3n) is 5.01. The maximum absolute atomic E-state index is 13.2. The van der Waals surface area contributed by atoms with Gasteiger partial charge in [-0.25, -0.2) is 0 Å². The largest absolute Gasteiger partial charge is 0.493 e. The number of anilines is 1. The van der Waals surface area contributed by atoms with Crippen LogP contribution in [-0.4, -0.2) is 24.0 Å². The van der Waals surface area contributed by atoms with Gasteiger partial charge in [-0.2, -0.15) is 0 Å². The Morgan fingerprint density at radius 3 is 2.50 bits per heavy atom. The topological polar surface area (TPSA) is 67.9 Å². The molecule has 1 N–H and O–H groups in total. The lowest BCUT2D eigenvalue weighted by molar-refractivity contribution is -0.122. The van der Waals surface area contributed by atoms with E-state index in [1.807, 2.05) is 30.3 Å². The van der Waals surface area contributed by atoms with Gasteiger partial charge < -0.3 is 9.47 Å². The van der Waals surface area contributed by atoms with Crippen LogP contribution in [0.15, 0.2) is 76.8 Å². The molecule has 2 amide bonds. The number of hydrogen-bond donors (Lipinski definition) is 1. The van der Waals surface area contributed by atoms with Gasteiger partial charge in [-0.05, 0) is 54.2 Å². The van der Waals surface area contributed by atoms with Crippen LogP contribution in [0.1, 0.15) is 11.1 Å². The van der Waals surface area contributed by atoms with E-state index in [0.717, 1.165) is 10.0 Å². The van der Waals surface area contributed by atoms with Crippen LogP contribution in [0.3, 0.4) is 0 Å². The molecule has 0 atom stereocenters. The summed E-state index contributed by atoms with van der Waals surface area (Å²) >= 11 is 15.2. The predicted molar refractivity (Wildman–Crippen MR) is 139 cm³/mol. The second-order valence-electron chi connectivity index (χ2n) is 7.21. The van der Waals surface area contributed by atoms with Gasteiger partial charge in [-0.15, -0.1) is 0 Å². The van der Waals surface area contributed by atoms with Gasteiger partial charge in [-0.3, -0.25) is 19.8 Å². The third kappa shape index (κ3) is 4.99. The van der Waals surface area contributed by atoms with Crippen LogP contribution in [-0.2, 0) is 16.2 Å². The molecule has 172 valence electrons. The molecular weight excluding hydrogens is 540 g/mol. The van der Waals surface area contributed by atoms with Crippen LogP contribution in [0.5, 0.6) is 11.5 Å². The highest BCUT2D eigenvalue weighted by atomic mass is 79.9. The van der Waals surface area contributed by atoms with Crippen molar-refractivity contribution in [3.05, 3.63) is 92.9 Å². The van der Waals surface area contributed by atoms with E-state index >= 15 is 0 Å². The fourth-order valence-corrected chi connectivity index (χ4v) is 4.32. The minimum absolute atomic E-state index is 0.0183. The van der Waals surface area contributed by atoms with Crippen molar-refractivity contribution in [1.82, 2.24) is 5.32 Å². The smallest absolute Gasteiger partial charge is 0.270 e. The Morgan fingerprint density at radius 1 is 1.09 bits per heavy atom. The number of para-hydroxylation sites is 1. The molecule has 1 saturated heterocycles. The molecule has 0 unspecified atom stereocenters. The van der Waals surface area contributed by atoms with Gasteiger partial charge in [-0.1, -0.05) is 63.9 Å². The van der Waals surface area contributed by atoms with Crippen molar-refractivity contribution in [2.45, 2.75) is 6.61 Å². The van der Waals surface area contributed by atoms with Crippen molar-refractivity contribution in [1.29, 1.82) is 0 Å². The first-order valence-electron chi connectivity index (χ1n) is 10.1. The number of carbonyl (C=O) groups is 2. The first-order valence-corrected chi connectivity index (χ1v) is 11.7. The predicted octanol–water partition coefficient (Wildman–Crippen LogP) is 5.52. The summed E-state index contributed by atoms with van der Waals surface area (Å²) in [5.74, 6) is -0.407. The fraction of sp³-hybridized carbons (Fsp3) is 0.0800. The van der Waals surface area contributed by atoms with E-state index in [-0.39, 0.29) is 22.3 Å². The Balaban J connectivity index is 1.65. The molecule has 0 radical (unpaired) electrons. The van der Waals surface area contributed by atoms with Crippen molar-refractivity contribution in [2.75, 3.05) is 12.0 Å². The zero-order chi connectivity index (χ0) is 24.2. The van der Waals surface area contributed by atoms with Crippen molar-refractivity contribution >= 4 is 68.4 Å². The Morgan fingerprint density at radius 2 is 1.79 bits per heavy atom. The first kappa shape index (κ1) is 23.9. The van der Waals surface area contributed by atoms with E-state index in [1.54, 1.807) is 36.4 Å². The Kier molecular flexibility index (Phi) is 7.31. The Labute approximate surface area is 215 Å². The molecule has 1 heterocycles. The van der Waals surface area contributed by atoms with E-state index < -0.39 is 11.8 Å². The van der Waals surface area contributed by atoms with Crippen molar-refractivity contribution in [3.63, 3.8) is 0 Å². The van der Waals surface area contributed by atoms with Crippen LogP contribution >= 0.6 is 39.7 Å². The number of methoxy groups -OCH3 is 1. The van der Waals surface area contributed by atoms with E-state index in [0.29, 0.717) is 22.7 Å².